The predicted octanol–water partition coefficient (Wildman–Crippen LogP) is 1.86. The van der Waals surface area contributed by atoms with Gasteiger partial charge in [0, 0.05) is 17.5 Å². The van der Waals surface area contributed by atoms with Gasteiger partial charge in [-0.25, -0.2) is 18.7 Å². The number of halogens is 2. The highest BCUT2D eigenvalue weighted by molar-refractivity contribution is 6.07. The summed E-state index contributed by atoms with van der Waals surface area (Å²) < 4.78 is 26.7. The summed E-state index contributed by atoms with van der Waals surface area (Å²) in [5, 5.41) is 3.09. The first-order valence-corrected chi connectivity index (χ1v) is 7.10. The molecule has 1 N–H and O–H groups in total. The summed E-state index contributed by atoms with van der Waals surface area (Å²) in [5.74, 6) is -2.50. The average Bonchev–Trinajstić information content (AvgIpc) is 2.75. The summed E-state index contributed by atoms with van der Waals surface area (Å²) in [6.07, 6.45) is 1.18. The summed E-state index contributed by atoms with van der Waals surface area (Å²) in [7, 11) is 0. The number of amides is 2. The largest absolute Gasteiger partial charge is 0.357 e. The van der Waals surface area contributed by atoms with E-state index in [9.17, 15) is 18.4 Å². The number of carbonyl (C=O) groups excluding carboxylic acids is 2. The van der Waals surface area contributed by atoms with Crippen molar-refractivity contribution in [3.8, 4) is 0 Å². The Hall–Kier alpha value is -2.64. The van der Waals surface area contributed by atoms with Crippen LogP contribution in [0.5, 0.6) is 0 Å². The third-order valence-electron chi connectivity index (χ3n) is 3.69. The Morgan fingerprint density at radius 3 is 2.57 bits per heavy atom. The topological polar surface area (TPSA) is 75.2 Å². The molecule has 0 bridgehead atoms. The molecule has 0 unspecified atom stereocenters. The third-order valence-corrected chi connectivity index (χ3v) is 3.69. The minimum absolute atomic E-state index is 0.00775. The molecule has 2 aromatic rings. The average molecular weight is 320 g/mol. The van der Waals surface area contributed by atoms with Gasteiger partial charge in [0.05, 0.1) is 11.9 Å². The van der Waals surface area contributed by atoms with Crippen molar-refractivity contribution in [1.82, 2.24) is 14.9 Å². The number of rotatable bonds is 3. The lowest BCUT2D eigenvalue weighted by molar-refractivity contribution is -0.140. The maximum Gasteiger partial charge on any atom is 0.252 e. The number of carbonyl (C=O) groups is 2. The minimum Gasteiger partial charge on any atom is -0.357 e. The third kappa shape index (κ3) is 2.60. The van der Waals surface area contributed by atoms with Crippen molar-refractivity contribution in [2.75, 3.05) is 5.32 Å². The fourth-order valence-corrected chi connectivity index (χ4v) is 2.64. The second-order valence-electron chi connectivity index (χ2n) is 5.60. The van der Waals surface area contributed by atoms with Crippen LogP contribution in [0.2, 0.25) is 0 Å². The lowest BCUT2D eigenvalue weighted by atomic mass is 10.2. The van der Waals surface area contributed by atoms with Gasteiger partial charge >= 0.3 is 0 Å². The first kappa shape index (κ1) is 15.3. The SMILES string of the molecule is CC(C)N1C(=O)C[C@H](Nc2ncnc3cc(F)c(F)cc23)C1=O. The Balaban J connectivity index is 1.95. The van der Waals surface area contributed by atoms with Crippen LogP contribution in [-0.4, -0.2) is 38.8 Å². The minimum atomic E-state index is -1.03. The lowest BCUT2D eigenvalue weighted by Gasteiger charge is -2.19. The van der Waals surface area contributed by atoms with Crippen molar-refractivity contribution in [3.05, 3.63) is 30.1 Å². The summed E-state index contributed by atoms with van der Waals surface area (Å²) in [5.41, 5.74) is 0.207. The zero-order valence-corrected chi connectivity index (χ0v) is 12.5. The van der Waals surface area contributed by atoms with E-state index in [-0.39, 0.29) is 41.0 Å². The number of hydrogen-bond acceptors (Lipinski definition) is 5. The molecule has 0 saturated carbocycles. The molecule has 1 aromatic heterocycles. The van der Waals surface area contributed by atoms with Gasteiger partial charge in [0.2, 0.25) is 5.91 Å². The van der Waals surface area contributed by atoms with Crippen LogP contribution in [0.3, 0.4) is 0 Å². The number of imide groups is 1. The number of nitrogens with one attached hydrogen (secondary N) is 1. The van der Waals surface area contributed by atoms with Gasteiger partial charge in [-0.3, -0.25) is 14.5 Å². The number of likely N-dealkylation sites (tertiary alicyclic amines) is 1. The molecule has 1 fully saturated rings. The molecule has 8 heteroatoms. The number of anilines is 1. The first-order chi connectivity index (χ1) is 10.9. The van der Waals surface area contributed by atoms with Crippen molar-refractivity contribution >= 4 is 28.5 Å². The Labute approximate surface area is 130 Å². The van der Waals surface area contributed by atoms with Crippen LogP contribution < -0.4 is 5.32 Å². The van der Waals surface area contributed by atoms with E-state index in [1.54, 1.807) is 13.8 Å². The van der Waals surface area contributed by atoms with Gasteiger partial charge in [-0.2, -0.15) is 0 Å². The van der Waals surface area contributed by atoms with E-state index < -0.39 is 17.7 Å². The molecule has 1 saturated heterocycles. The van der Waals surface area contributed by atoms with Gasteiger partial charge in [0.1, 0.15) is 18.2 Å². The Morgan fingerprint density at radius 1 is 1.22 bits per heavy atom. The van der Waals surface area contributed by atoms with Crippen LogP contribution in [0.25, 0.3) is 10.9 Å². The van der Waals surface area contributed by atoms with Crippen molar-refractivity contribution < 1.29 is 18.4 Å². The highest BCUT2D eigenvalue weighted by Crippen LogP contribution is 2.25. The maximum absolute atomic E-state index is 13.5. The van der Waals surface area contributed by atoms with Crippen LogP contribution in [0, 0.1) is 11.6 Å². The number of aromatic nitrogens is 2. The van der Waals surface area contributed by atoms with E-state index in [0.717, 1.165) is 12.1 Å². The first-order valence-electron chi connectivity index (χ1n) is 7.10. The van der Waals surface area contributed by atoms with E-state index in [1.807, 2.05) is 0 Å². The molecule has 2 amide bonds. The summed E-state index contributed by atoms with van der Waals surface area (Å²) in [4.78, 5) is 33.2. The predicted molar refractivity (Wildman–Crippen MR) is 78.5 cm³/mol. The van der Waals surface area contributed by atoms with Crippen molar-refractivity contribution in [1.29, 1.82) is 0 Å². The maximum atomic E-state index is 13.5. The molecule has 6 nitrogen and oxygen atoms in total. The van der Waals surface area contributed by atoms with Gasteiger partial charge in [-0.1, -0.05) is 0 Å². The molecular formula is C15H14F2N4O2. The van der Waals surface area contributed by atoms with Crippen LogP contribution in [0.1, 0.15) is 20.3 Å². The van der Waals surface area contributed by atoms with Gasteiger partial charge in [0.15, 0.2) is 11.6 Å². The number of fused-ring (bicyclic) bond motifs is 1. The quantitative estimate of drug-likeness (QED) is 0.874. The molecule has 0 aliphatic carbocycles. The smallest absolute Gasteiger partial charge is 0.252 e. The number of nitrogens with zero attached hydrogens (tertiary/aromatic N) is 3. The monoisotopic (exact) mass is 320 g/mol. The zero-order chi connectivity index (χ0) is 16.7. The summed E-state index contributed by atoms with van der Waals surface area (Å²) in [6.45, 7) is 3.49. The molecule has 0 radical (unpaired) electrons. The standard InChI is InChI=1S/C15H14F2N4O2/c1-7(2)21-13(22)5-12(15(21)23)20-14-8-3-9(16)10(17)4-11(8)18-6-19-14/h3-4,6-7,12H,5H2,1-2H3,(H,18,19,20)/t12-/m0/s1. The van der Waals surface area contributed by atoms with Crippen LogP contribution in [0.4, 0.5) is 14.6 Å². The Kier molecular flexibility index (Phi) is 3.67. The Bertz CT molecular complexity index is 809. The van der Waals surface area contributed by atoms with Crippen LogP contribution in [0.15, 0.2) is 18.5 Å². The van der Waals surface area contributed by atoms with Gasteiger partial charge < -0.3 is 5.32 Å². The molecule has 2 heterocycles. The second kappa shape index (κ2) is 5.53. The van der Waals surface area contributed by atoms with E-state index in [1.165, 1.54) is 11.2 Å². The molecule has 120 valence electrons. The summed E-state index contributed by atoms with van der Waals surface area (Å²) >= 11 is 0. The molecule has 1 aliphatic heterocycles. The number of hydrogen-bond donors (Lipinski definition) is 1. The van der Waals surface area contributed by atoms with Crippen LogP contribution in [-0.2, 0) is 9.59 Å². The summed E-state index contributed by atoms with van der Waals surface area (Å²) in [6, 6.07) is 0.903. The number of benzene rings is 1. The highest BCUT2D eigenvalue weighted by Gasteiger charge is 2.40. The molecule has 1 aliphatic rings. The van der Waals surface area contributed by atoms with E-state index in [2.05, 4.69) is 15.3 Å². The Morgan fingerprint density at radius 2 is 1.91 bits per heavy atom. The lowest BCUT2D eigenvalue weighted by Crippen LogP contribution is -2.39. The molecule has 1 atom stereocenters. The van der Waals surface area contributed by atoms with Crippen molar-refractivity contribution in [2.45, 2.75) is 32.4 Å². The van der Waals surface area contributed by atoms with Crippen LogP contribution >= 0.6 is 0 Å². The van der Waals surface area contributed by atoms with Crippen molar-refractivity contribution in [3.63, 3.8) is 0 Å². The molecular weight excluding hydrogens is 306 g/mol. The molecule has 0 spiro atoms. The normalized spacial score (nSPS) is 18.3. The zero-order valence-electron chi connectivity index (χ0n) is 12.5. The fourth-order valence-electron chi connectivity index (χ4n) is 2.64. The van der Waals surface area contributed by atoms with Gasteiger partial charge in [-0.15, -0.1) is 0 Å². The van der Waals surface area contributed by atoms with E-state index in [0.29, 0.717) is 0 Å². The molecule has 3 rings (SSSR count). The van der Waals surface area contributed by atoms with E-state index >= 15 is 0 Å². The fraction of sp³-hybridized carbons (Fsp3) is 0.333. The van der Waals surface area contributed by atoms with E-state index in [4.69, 9.17) is 0 Å². The van der Waals surface area contributed by atoms with Crippen molar-refractivity contribution in [2.24, 2.45) is 0 Å². The van der Waals surface area contributed by atoms with Gasteiger partial charge in [0.25, 0.3) is 5.91 Å². The molecule has 23 heavy (non-hydrogen) atoms. The highest BCUT2D eigenvalue weighted by atomic mass is 19.2. The second-order valence-corrected chi connectivity index (χ2v) is 5.60. The van der Waals surface area contributed by atoms with Gasteiger partial charge in [-0.05, 0) is 19.9 Å². The molecule has 1 aromatic carbocycles.